The van der Waals surface area contributed by atoms with Gasteiger partial charge in [0.05, 0.1) is 0 Å². The highest BCUT2D eigenvalue weighted by atomic mass is 19.1. The monoisotopic (exact) mass is 180 g/mol. The number of hydrogen-bond acceptors (Lipinski definition) is 2. The SMILES string of the molecule is Cc1ccc2c(c1)C[C@H](F)C(=O)O2. The molecule has 0 bridgehead atoms. The van der Waals surface area contributed by atoms with Crippen LogP contribution in [0.15, 0.2) is 18.2 Å². The van der Waals surface area contributed by atoms with E-state index in [9.17, 15) is 9.18 Å². The Morgan fingerprint density at radius 3 is 3.08 bits per heavy atom. The summed E-state index contributed by atoms with van der Waals surface area (Å²) in [6, 6.07) is 5.38. The Bertz CT molecular complexity index is 360. The minimum Gasteiger partial charge on any atom is -0.424 e. The van der Waals surface area contributed by atoms with Crippen molar-refractivity contribution in [3.05, 3.63) is 29.3 Å². The summed E-state index contributed by atoms with van der Waals surface area (Å²) >= 11 is 0. The van der Waals surface area contributed by atoms with E-state index in [1.54, 1.807) is 6.07 Å². The Labute approximate surface area is 75.3 Å². The Morgan fingerprint density at radius 2 is 2.31 bits per heavy atom. The van der Waals surface area contributed by atoms with Gasteiger partial charge in [-0.25, -0.2) is 9.18 Å². The molecule has 0 aliphatic carbocycles. The molecule has 2 nitrogen and oxygen atoms in total. The zero-order valence-electron chi connectivity index (χ0n) is 7.21. The van der Waals surface area contributed by atoms with Crippen LogP contribution in [0.5, 0.6) is 5.75 Å². The van der Waals surface area contributed by atoms with Gasteiger partial charge in [0, 0.05) is 6.42 Å². The Hall–Kier alpha value is -1.38. The maximum Gasteiger partial charge on any atom is 0.346 e. The van der Waals surface area contributed by atoms with Crippen molar-refractivity contribution in [1.82, 2.24) is 0 Å². The van der Waals surface area contributed by atoms with Gasteiger partial charge in [0.2, 0.25) is 6.17 Å². The molecule has 0 amide bonds. The van der Waals surface area contributed by atoms with Gasteiger partial charge in [-0.3, -0.25) is 0 Å². The van der Waals surface area contributed by atoms with Crippen LogP contribution < -0.4 is 4.74 Å². The first-order chi connectivity index (χ1) is 6.16. The van der Waals surface area contributed by atoms with Crippen molar-refractivity contribution in [3.63, 3.8) is 0 Å². The lowest BCUT2D eigenvalue weighted by atomic mass is 10.0. The second kappa shape index (κ2) is 2.83. The second-order valence-electron chi connectivity index (χ2n) is 3.20. The van der Waals surface area contributed by atoms with Gasteiger partial charge in [0.25, 0.3) is 0 Å². The highest BCUT2D eigenvalue weighted by Gasteiger charge is 2.27. The first-order valence-electron chi connectivity index (χ1n) is 4.12. The van der Waals surface area contributed by atoms with Crippen molar-refractivity contribution in [3.8, 4) is 5.75 Å². The Balaban J connectivity index is 2.42. The van der Waals surface area contributed by atoms with Gasteiger partial charge in [-0.05, 0) is 18.6 Å². The van der Waals surface area contributed by atoms with Crippen LogP contribution in [0.25, 0.3) is 0 Å². The molecule has 1 atom stereocenters. The van der Waals surface area contributed by atoms with Gasteiger partial charge in [0.15, 0.2) is 0 Å². The molecule has 1 aliphatic heterocycles. The zero-order chi connectivity index (χ0) is 9.42. The fraction of sp³-hybridized carbons (Fsp3) is 0.300. The van der Waals surface area contributed by atoms with E-state index in [0.29, 0.717) is 5.75 Å². The average Bonchev–Trinajstić information content (AvgIpc) is 2.08. The topological polar surface area (TPSA) is 26.3 Å². The number of aryl methyl sites for hydroxylation is 1. The van der Waals surface area contributed by atoms with E-state index in [0.717, 1.165) is 11.1 Å². The fourth-order valence-electron chi connectivity index (χ4n) is 1.42. The van der Waals surface area contributed by atoms with Crippen LogP contribution in [0.3, 0.4) is 0 Å². The molecule has 2 rings (SSSR count). The number of carbonyl (C=O) groups excluding carboxylic acids is 1. The summed E-state index contributed by atoms with van der Waals surface area (Å²) in [5.41, 5.74) is 1.82. The Kier molecular flexibility index (Phi) is 1.79. The van der Waals surface area contributed by atoms with Crippen molar-refractivity contribution in [2.45, 2.75) is 19.5 Å². The van der Waals surface area contributed by atoms with E-state index in [4.69, 9.17) is 4.74 Å². The molecule has 1 aliphatic rings. The molecule has 0 saturated carbocycles. The van der Waals surface area contributed by atoms with Crippen LogP contribution in [0.2, 0.25) is 0 Å². The highest BCUT2D eigenvalue weighted by Crippen LogP contribution is 2.27. The van der Waals surface area contributed by atoms with Gasteiger partial charge in [-0.15, -0.1) is 0 Å². The molecule has 0 aromatic heterocycles. The van der Waals surface area contributed by atoms with Crippen LogP contribution in [0.4, 0.5) is 4.39 Å². The van der Waals surface area contributed by atoms with Crippen LogP contribution in [0.1, 0.15) is 11.1 Å². The summed E-state index contributed by atoms with van der Waals surface area (Å²) in [7, 11) is 0. The lowest BCUT2D eigenvalue weighted by Crippen LogP contribution is -2.28. The zero-order valence-corrected chi connectivity index (χ0v) is 7.21. The highest BCUT2D eigenvalue weighted by molar-refractivity contribution is 5.80. The third-order valence-electron chi connectivity index (χ3n) is 2.08. The molecule has 0 spiro atoms. The summed E-state index contributed by atoms with van der Waals surface area (Å²) < 4.78 is 17.7. The van der Waals surface area contributed by atoms with Gasteiger partial charge in [0.1, 0.15) is 5.75 Å². The molecule has 1 heterocycles. The van der Waals surface area contributed by atoms with Gasteiger partial charge in [-0.1, -0.05) is 17.7 Å². The largest absolute Gasteiger partial charge is 0.424 e. The lowest BCUT2D eigenvalue weighted by molar-refractivity contribution is -0.141. The van der Waals surface area contributed by atoms with E-state index in [2.05, 4.69) is 0 Å². The first kappa shape index (κ1) is 8.23. The number of hydrogen-bond donors (Lipinski definition) is 0. The quantitative estimate of drug-likeness (QED) is 0.449. The van der Waals surface area contributed by atoms with Crippen LogP contribution in [0, 0.1) is 6.92 Å². The van der Waals surface area contributed by atoms with Gasteiger partial charge < -0.3 is 4.74 Å². The number of esters is 1. The molecular weight excluding hydrogens is 171 g/mol. The predicted octanol–water partition coefficient (Wildman–Crippen LogP) is 1.79. The number of benzene rings is 1. The third kappa shape index (κ3) is 1.41. The van der Waals surface area contributed by atoms with Crippen molar-refractivity contribution in [2.24, 2.45) is 0 Å². The van der Waals surface area contributed by atoms with Crippen molar-refractivity contribution in [1.29, 1.82) is 0 Å². The normalized spacial score (nSPS) is 20.8. The minimum absolute atomic E-state index is 0.135. The second-order valence-corrected chi connectivity index (χ2v) is 3.20. The molecule has 3 heteroatoms. The molecule has 68 valence electrons. The van der Waals surface area contributed by atoms with Crippen LogP contribution in [-0.4, -0.2) is 12.1 Å². The summed E-state index contributed by atoms with van der Waals surface area (Å²) in [5.74, 6) is -0.291. The lowest BCUT2D eigenvalue weighted by Gasteiger charge is -2.18. The molecule has 0 N–H and O–H groups in total. The van der Waals surface area contributed by atoms with E-state index in [1.807, 2.05) is 19.1 Å². The maximum absolute atomic E-state index is 12.9. The summed E-state index contributed by atoms with van der Waals surface area (Å²) in [6.07, 6.45) is -1.37. The number of halogens is 1. The number of rotatable bonds is 0. The number of carbonyl (C=O) groups is 1. The van der Waals surface area contributed by atoms with Crippen molar-refractivity contribution in [2.75, 3.05) is 0 Å². The van der Waals surface area contributed by atoms with Gasteiger partial charge in [-0.2, -0.15) is 0 Å². The standard InChI is InChI=1S/C10H9FO2/c1-6-2-3-9-7(4-6)5-8(11)10(12)13-9/h2-4,8H,5H2,1H3/t8-/m0/s1. The Morgan fingerprint density at radius 1 is 1.54 bits per heavy atom. The molecule has 0 radical (unpaired) electrons. The maximum atomic E-state index is 12.9. The first-order valence-corrected chi connectivity index (χ1v) is 4.12. The summed E-state index contributed by atoms with van der Waals surface area (Å²) in [6.45, 7) is 1.92. The number of fused-ring (bicyclic) bond motifs is 1. The summed E-state index contributed by atoms with van der Waals surface area (Å²) in [5, 5.41) is 0. The van der Waals surface area contributed by atoms with Crippen LogP contribution in [-0.2, 0) is 11.2 Å². The molecule has 13 heavy (non-hydrogen) atoms. The molecule has 0 unspecified atom stereocenters. The molecule has 1 aromatic rings. The van der Waals surface area contributed by atoms with E-state index < -0.39 is 12.1 Å². The molecular formula is C10H9FO2. The molecule has 0 saturated heterocycles. The number of ether oxygens (including phenoxy) is 1. The van der Waals surface area contributed by atoms with Crippen molar-refractivity contribution >= 4 is 5.97 Å². The summed E-state index contributed by atoms with van der Waals surface area (Å²) in [4.78, 5) is 10.8. The molecule has 1 aromatic carbocycles. The van der Waals surface area contributed by atoms with E-state index in [1.165, 1.54) is 0 Å². The predicted molar refractivity (Wildman–Crippen MR) is 45.4 cm³/mol. The van der Waals surface area contributed by atoms with E-state index in [-0.39, 0.29) is 6.42 Å². The fourth-order valence-corrected chi connectivity index (χ4v) is 1.42. The average molecular weight is 180 g/mol. The third-order valence-corrected chi connectivity index (χ3v) is 2.08. The van der Waals surface area contributed by atoms with Gasteiger partial charge >= 0.3 is 5.97 Å². The minimum atomic E-state index is -1.51. The van der Waals surface area contributed by atoms with E-state index >= 15 is 0 Å². The van der Waals surface area contributed by atoms with Crippen LogP contribution >= 0.6 is 0 Å². The molecule has 0 fully saturated rings. The smallest absolute Gasteiger partial charge is 0.346 e. The van der Waals surface area contributed by atoms with Crippen molar-refractivity contribution < 1.29 is 13.9 Å². The number of alkyl halides is 1.